The molecular formula is C7H14OS. The molecule has 1 saturated heterocycles. The lowest BCUT2D eigenvalue weighted by Gasteiger charge is -2.08. The summed E-state index contributed by atoms with van der Waals surface area (Å²) < 4.78 is 5.24. The lowest BCUT2D eigenvalue weighted by molar-refractivity contribution is 0.199. The molecule has 0 aliphatic carbocycles. The first-order chi connectivity index (χ1) is 4.29. The number of ether oxygens (including phenoxy) is 1. The van der Waals surface area contributed by atoms with Crippen molar-refractivity contribution in [1.29, 1.82) is 0 Å². The number of rotatable bonds is 2. The van der Waals surface area contributed by atoms with Crippen LogP contribution >= 0.6 is 11.8 Å². The van der Waals surface area contributed by atoms with Crippen LogP contribution in [0.1, 0.15) is 20.3 Å². The van der Waals surface area contributed by atoms with Crippen molar-refractivity contribution in [2.24, 2.45) is 0 Å². The van der Waals surface area contributed by atoms with Crippen molar-refractivity contribution in [2.75, 3.05) is 13.2 Å². The predicted molar refractivity (Wildman–Crippen MR) is 42.0 cm³/mol. The molecule has 1 heterocycles. The van der Waals surface area contributed by atoms with Crippen molar-refractivity contribution in [1.82, 2.24) is 0 Å². The standard InChI is InChI=1S/C7H14OS/c1-6(2)9-7-3-4-8-5-7/h6-7H,3-5H2,1-2H3/t7-/m0/s1. The molecule has 0 spiro atoms. The van der Waals surface area contributed by atoms with Gasteiger partial charge in [0.1, 0.15) is 0 Å². The Balaban J connectivity index is 2.11. The highest BCUT2D eigenvalue weighted by atomic mass is 32.2. The molecule has 0 N–H and O–H groups in total. The second-order valence-corrected chi connectivity index (χ2v) is 4.55. The largest absolute Gasteiger partial charge is 0.380 e. The van der Waals surface area contributed by atoms with Gasteiger partial charge in [0.05, 0.1) is 6.61 Å². The molecule has 1 aliphatic heterocycles. The molecule has 0 aromatic carbocycles. The van der Waals surface area contributed by atoms with Gasteiger partial charge in [-0.1, -0.05) is 13.8 Å². The van der Waals surface area contributed by atoms with Gasteiger partial charge in [0.15, 0.2) is 0 Å². The quantitative estimate of drug-likeness (QED) is 0.588. The minimum Gasteiger partial charge on any atom is -0.380 e. The van der Waals surface area contributed by atoms with Gasteiger partial charge in [-0.25, -0.2) is 0 Å². The fraction of sp³-hybridized carbons (Fsp3) is 1.00. The first kappa shape index (κ1) is 7.42. The first-order valence-corrected chi connectivity index (χ1v) is 4.46. The third-order valence-electron chi connectivity index (χ3n) is 1.35. The molecule has 0 bridgehead atoms. The molecule has 9 heavy (non-hydrogen) atoms. The minimum atomic E-state index is 0.761. The fourth-order valence-electron chi connectivity index (χ4n) is 1.01. The van der Waals surface area contributed by atoms with Crippen LogP contribution in [-0.4, -0.2) is 23.7 Å². The Labute approximate surface area is 61.2 Å². The zero-order valence-corrected chi connectivity index (χ0v) is 6.91. The molecule has 0 amide bonds. The van der Waals surface area contributed by atoms with E-state index in [0.717, 1.165) is 23.7 Å². The van der Waals surface area contributed by atoms with Crippen LogP contribution in [0.3, 0.4) is 0 Å². The average Bonchev–Trinajstić information content (AvgIpc) is 2.15. The van der Waals surface area contributed by atoms with Crippen molar-refractivity contribution in [3.8, 4) is 0 Å². The first-order valence-electron chi connectivity index (χ1n) is 3.52. The van der Waals surface area contributed by atoms with E-state index >= 15 is 0 Å². The molecule has 2 heteroatoms. The number of hydrogen-bond acceptors (Lipinski definition) is 2. The lowest BCUT2D eigenvalue weighted by atomic mass is 10.4. The van der Waals surface area contributed by atoms with Crippen LogP contribution in [0.4, 0.5) is 0 Å². The van der Waals surface area contributed by atoms with Gasteiger partial charge in [0.2, 0.25) is 0 Å². The molecular weight excluding hydrogens is 132 g/mol. The fourth-order valence-corrected chi connectivity index (χ4v) is 2.18. The molecule has 1 nitrogen and oxygen atoms in total. The van der Waals surface area contributed by atoms with E-state index in [-0.39, 0.29) is 0 Å². The maximum absolute atomic E-state index is 5.24. The van der Waals surface area contributed by atoms with E-state index in [1.165, 1.54) is 6.42 Å². The van der Waals surface area contributed by atoms with Gasteiger partial charge in [0.25, 0.3) is 0 Å². The van der Waals surface area contributed by atoms with E-state index in [2.05, 4.69) is 13.8 Å². The molecule has 1 aliphatic rings. The third-order valence-corrected chi connectivity index (χ3v) is 2.65. The molecule has 0 unspecified atom stereocenters. The Morgan fingerprint density at radius 3 is 2.78 bits per heavy atom. The lowest BCUT2D eigenvalue weighted by Crippen LogP contribution is -2.04. The summed E-state index contributed by atoms with van der Waals surface area (Å²) in [5.41, 5.74) is 0. The summed E-state index contributed by atoms with van der Waals surface area (Å²) in [6.45, 7) is 6.43. The van der Waals surface area contributed by atoms with Crippen LogP contribution in [-0.2, 0) is 4.74 Å². The normalized spacial score (nSPS) is 27.7. The minimum absolute atomic E-state index is 0.761. The van der Waals surface area contributed by atoms with Crippen molar-refractivity contribution >= 4 is 11.8 Å². The average molecular weight is 146 g/mol. The highest BCUT2D eigenvalue weighted by Crippen LogP contribution is 2.23. The van der Waals surface area contributed by atoms with Crippen molar-refractivity contribution < 1.29 is 4.74 Å². The summed E-state index contributed by atoms with van der Waals surface area (Å²) in [6.07, 6.45) is 1.25. The SMILES string of the molecule is CC(C)S[C@H]1CCOC1. The maximum atomic E-state index is 5.24. The van der Waals surface area contributed by atoms with Gasteiger partial charge >= 0.3 is 0 Å². The molecule has 1 atom stereocenters. The molecule has 54 valence electrons. The van der Waals surface area contributed by atoms with E-state index in [0.29, 0.717) is 0 Å². The summed E-state index contributed by atoms with van der Waals surface area (Å²) in [7, 11) is 0. The van der Waals surface area contributed by atoms with Gasteiger partial charge in [-0.05, 0) is 11.7 Å². The van der Waals surface area contributed by atoms with Gasteiger partial charge in [-0.3, -0.25) is 0 Å². The van der Waals surface area contributed by atoms with Gasteiger partial charge < -0.3 is 4.74 Å². The Bertz CT molecular complexity index is 77.0. The van der Waals surface area contributed by atoms with E-state index in [1.54, 1.807) is 0 Å². The number of thioether (sulfide) groups is 1. The van der Waals surface area contributed by atoms with Crippen molar-refractivity contribution in [3.63, 3.8) is 0 Å². The van der Waals surface area contributed by atoms with E-state index in [1.807, 2.05) is 11.8 Å². The molecule has 0 saturated carbocycles. The second kappa shape index (κ2) is 3.47. The van der Waals surface area contributed by atoms with Crippen LogP contribution in [0.25, 0.3) is 0 Å². The molecule has 0 aromatic rings. The topological polar surface area (TPSA) is 9.23 Å². The van der Waals surface area contributed by atoms with Crippen LogP contribution in [0.15, 0.2) is 0 Å². The van der Waals surface area contributed by atoms with E-state index < -0.39 is 0 Å². The summed E-state index contributed by atoms with van der Waals surface area (Å²) >= 11 is 2.04. The Morgan fingerprint density at radius 1 is 1.56 bits per heavy atom. The van der Waals surface area contributed by atoms with Gasteiger partial charge in [-0.2, -0.15) is 11.8 Å². The summed E-state index contributed by atoms with van der Waals surface area (Å²) in [6, 6.07) is 0. The Kier molecular flexibility index (Phi) is 2.86. The zero-order valence-electron chi connectivity index (χ0n) is 6.09. The third kappa shape index (κ3) is 2.59. The van der Waals surface area contributed by atoms with Crippen LogP contribution in [0.2, 0.25) is 0 Å². The number of hydrogen-bond donors (Lipinski definition) is 0. The van der Waals surface area contributed by atoms with E-state index in [4.69, 9.17) is 4.74 Å². The Morgan fingerprint density at radius 2 is 2.33 bits per heavy atom. The predicted octanol–water partition coefficient (Wildman–Crippen LogP) is 1.92. The summed E-state index contributed by atoms with van der Waals surface area (Å²) in [4.78, 5) is 0. The monoisotopic (exact) mass is 146 g/mol. The molecule has 1 fully saturated rings. The second-order valence-electron chi connectivity index (χ2n) is 2.67. The summed E-state index contributed by atoms with van der Waals surface area (Å²) in [5, 5.41) is 1.54. The Hall–Kier alpha value is 0.310. The zero-order chi connectivity index (χ0) is 6.69. The molecule has 0 aromatic heterocycles. The van der Waals surface area contributed by atoms with E-state index in [9.17, 15) is 0 Å². The maximum Gasteiger partial charge on any atom is 0.0585 e. The van der Waals surface area contributed by atoms with Crippen molar-refractivity contribution in [2.45, 2.75) is 30.8 Å². The molecule has 0 radical (unpaired) electrons. The highest BCUT2D eigenvalue weighted by molar-refractivity contribution is 8.00. The smallest absolute Gasteiger partial charge is 0.0585 e. The summed E-state index contributed by atoms with van der Waals surface area (Å²) in [5.74, 6) is 0. The van der Waals surface area contributed by atoms with Gasteiger partial charge in [0, 0.05) is 11.9 Å². The molecule has 1 rings (SSSR count). The van der Waals surface area contributed by atoms with Crippen molar-refractivity contribution in [3.05, 3.63) is 0 Å². The van der Waals surface area contributed by atoms with Crippen LogP contribution in [0.5, 0.6) is 0 Å². The van der Waals surface area contributed by atoms with Crippen LogP contribution in [0, 0.1) is 0 Å². The van der Waals surface area contributed by atoms with Crippen LogP contribution < -0.4 is 0 Å². The van der Waals surface area contributed by atoms with Gasteiger partial charge in [-0.15, -0.1) is 0 Å². The highest BCUT2D eigenvalue weighted by Gasteiger charge is 2.16.